The van der Waals surface area contributed by atoms with Gasteiger partial charge in [0.2, 0.25) is 0 Å². The Kier molecular flexibility index (Phi) is 8.43. The quantitative estimate of drug-likeness (QED) is 0.339. The summed E-state index contributed by atoms with van der Waals surface area (Å²) in [6, 6.07) is 8.34. The van der Waals surface area contributed by atoms with Crippen LogP contribution in [0.25, 0.3) is 0 Å². The molecular formula is C26H40O2. The minimum Gasteiger partial charge on any atom is -0.427 e. The Morgan fingerprint density at radius 3 is 2.04 bits per heavy atom. The highest BCUT2D eigenvalue weighted by Gasteiger charge is 2.31. The molecule has 2 nitrogen and oxygen atoms in total. The summed E-state index contributed by atoms with van der Waals surface area (Å²) in [5, 5.41) is 0. The number of hydrogen-bond acceptors (Lipinski definition) is 2. The Balaban J connectivity index is 1.43. The fourth-order valence-corrected chi connectivity index (χ4v) is 5.59. The van der Waals surface area contributed by atoms with Crippen LogP contribution in [0.1, 0.15) is 109 Å². The third-order valence-electron chi connectivity index (χ3n) is 7.34. The molecule has 0 aromatic heterocycles. The molecule has 2 fully saturated rings. The number of unbranched alkanes of at least 4 members (excludes halogenated alkanes) is 1. The van der Waals surface area contributed by atoms with Crippen LogP contribution in [0.3, 0.4) is 0 Å². The lowest BCUT2D eigenvalue weighted by Crippen LogP contribution is -2.25. The number of ether oxygens (including phenoxy) is 1. The van der Waals surface area contributed by atoms with E-state index in [4.69, 9.17) is 4.74 Å². The zero-order valence-electron chi connectivity index (χ0n) is 18.1. The summed E-state index contributed by atoms with van der Waals surface area (Å²) in [5.74, 6) is 4.27. The first-order valence-electron chi connectivity index (χ1n) is 12.0. The van der Waals surface area contributed by atoms with Gasteiger partial charge in [0.1, 0.15) is 5.75 Å². The smallest absolute Gasteiger partial charge is 0.311 e. The first kappa shape index (κ1) is 21.4. The summed E-state index contributed by atoms with van der Waals surface area (Å²) >= 11 is 0. The zero-order chi connectivity index (χ0) is 19.8. The SMILES string of the molecule is CCCCC(=O)Oc1ccc(C2CCC(C3CCC(CCC)CC3)CC2)cc1. The molecule has 0 spiro atoms. The highest BCUT2D eigenvalue weighted by molar-refractivity contribution is 5.72. The van der Waals surface area contributed by atoms with Gasteiger partial charge in [-0.2, -0.15) is 0 Å². The van der Waals surface area contributed by atoms with E-state index >= 15 is 0 Å². The zero-order valence-corrected chi connectivity index (χ0v) is 18.1. The minimum absolute atomic E-state index is 0.108. The lowest BCUT2D eigenvalue weighted by atomic mass is 9.68. The summed E-state index contributed by atoms with van der Waals surface area (Å²) in [6.45, 7) is 4.42. The van der Waals surface area contributed by atoms with Crippen LogP contribution >= 0.6 is 0 Å². The largest absolute Gasteiger partial charge is 0.427 e. The summed E-state index contributed by atoms with van der Waals surface area (Å²) in [5.41, 5.74) is 1.43. The van der Waals surface area contributed by atoms with E-state index in [0.717, 1.165) is 30.6 Å². The van der Waals surface area contributed by atoms with Crippen molar-refractivity contribution >= 4 is 5.97 Å². The van der Waals surface area contributed by atoms with Gasteiger partial charge in [-0.25, -0.2) is 0 Å². The maximum atomic E-state index is 11.8. The maximum absolute atomic E-state index is 11.8. The van der Waals surface area contributed by atoms with E-state index in [1.807, 2.05) is 12.1 Å². The van der Waals surface area contributed by atoms with Gasteiger partial charge in [0, 0.05) is 6.42 Å². The van der Waals surface area contributed by atoms with E-state index in [1.54, 1.807) is 0 Å². The molecule has 2 aliphatic rings. The second-order valence-corrected chi connectivity index (χ2v) is 9.33. The Bertz CT molecular complexity index is 575. The topological polar surface area (TPSA) is 26.3 Å². The van der Waals surface area contributed by atoms with Gasteiger partial charge in [0.05, 0.1) is 0 Å². The molecule has 0 aliphatic heterocycles. The van der Waals surface area contributed by atoms with Crippen molar-refractivity contribution in [1.29, 1.82) is 0 Å². The number of carbonyl (C=O) groups is 1. The van der Waals surface area contributed by atoms with Crippen molar-refractivity contribution in [1.82, 2.24) is 0 Å². The molecule has 0 heterocycles. The predicted octanol–water partition coefficient (Wildman–Crippen LogP) is 7.66. The molecule has 0 bridgehead atoms. The first-order chi connectivity index (χ1) is 13.7. The third kappa shape index (κ3) is 6.09. The molecule has 0 unspecified atom stereocenters. The molecule has 3 rings (SSSR count). The van der Waals surface area contributed by atoms with Crippen molar-refractivity contribution in [3.05, 3.63) is 29.8 Å². The van der Waals surface area contributed by atoms with Crippen LogP contribution in [0, 0.1) is 17.8 Å². The van der Waals surface area contributed by atoms with Gasteiger partial charge in [0.15, 0.2) is 0 Å². The third-order valence-corrected chi connectivity index (χ3v) is 7.34. The number of esters is 1. The average molecular weight is 385 g/mol. The summed E-state index contributed by atoms with van der Waals surface area (Å²) in [4.78, 5) is 11.8. The van der Waals surface area contributed by atoms with Gasteiger partial charge in [-0.3, -0.25) is 4.79 Å². The molecule has 0 N–H and O–H groups in total. The van der Waals surface area contributed by atoms with Crippen molar-refractivity contribution in [3.63, 3.8) is 0 Å². The lowest BCUT2D eigenvalue weighted by molar-refractivity contribution is -0.134. The first-order valence-corrected chi connectivity index (χ1v) is 12.0. The molecule has 1 aromatic carbocycles. The highest BCUT2D eigenvalue weighted by Crippen LogP contribution is 2.44. The van der Waals surface area contributed by atoms with Crippen LogP contribution < -0.4 is 4.74 Å². The molecule has 156 valence electrons. The fraction of sp³-hybridized carbons (Fsp3) is 0.731. The second-order valence-electron chi connectivity index (χ2n) is 9.33. The van der Waals surface area contributed by atoms with Gasteiger partial charge < -0.3 is 4.74 Å². The van der Waals surface area contributed by atoms with Crippen LogP contribution in [0.15, 0.2) is 24.3 Å². The van der Waals surface area contributed by atoms with E-state index in [-0.39, 0.29) is 5.97 Å². The molecule has 1 aromatic rings. The molecule has 0 radical (unpaired) electrons. The van der Waals surface area contributed by atoms with Crippen molar-refractivity contribution in [3.8, 4) is 5.75 Å². The summed E-state index contributed by atoms with van der Waals surface area (Å²) in [7, 11) is 0. The highest BCUT2D eigenvalue weighted by atomic mass is 16.5. The molecule has 2 aliphatic carbocycles. The molecule has 2 heteroatoms. The monoisotopic (exact) mass is 384 g/mol. The van der Waals surface area contributed by atoms with Gasteiger partial charge in [-0.15, -0.1) is 0 Å². The Labute approximate surface area is 172 Å². The number of hydrogen-bond donors (Lipinski definition) is 0. The standard InChI is InChI=1S/C26H40O2/c1-3-5-7-26(27)28-25-18-16-24(17-19-25)23-14-12-22(13-15-23)21-10-8-20(6-4-2)9-11-21/h16-23H,3-15H2,1-2H3. The van der Waals surface area contributed by atoms with Crippen molar-refractivity contribution < 1.29 is 9.53 Å². The van der Waals surface area contributed by atoms with Gasteiger partial charge in [0.25, 0.3) is 0 Å². The summed E-state index contributed by atoms with van der Waals surface area (Å²) < 4.78 is 5.44. The van der Waals surface area contributed by atoms with E-state index in [9.17, 15) is 4.79 Å². The van der Waals surface area contributed by atoms with Crippen LogP contribution in [0.5, 0.6) is 5.75 Å². The Morgan fingerprint density at radius 2 is 1.46 bits per heavy atom. The molecule has 2 saturated carbocycles. The fourth-order valence-electron chi connectivity index (χ4n) is 5.59. The molecule has 0 atom stereocenters. The van der Waals surface area contributed by atoms with Crippen molar-refractivity contribution in [2.24, 2.45) is 17.8 Å². The van der Waals surface area contributed by atoms with Gasteiger partial charge >= 0.3 is 5.97 Å². The Morgan fingerprint density at radius 1 is 0.857 bits per heavy atom. The maximum Gasteiger partial charge on any atom is 0.311 e. The van der Waals surface area contributed by atoms with E-state index in [0.29, 0.717) is 18.1 Å². The summed E-state index contributed by atoms with van der Waals surface area (Å²) in [6.07, 6.45) is 16.7. The van der Waals surface area contributed by atoms with Crippen molar-refractivity contribution in [2.45, 2.75) is 103 Å². The number of benzene rings is 1. The van der Waals surface area contributed by atoms with E-state index in [2.05, 4.69) is 26.0 Å². The van der Waals surface area contributed by atoms with E-state index < -0.39 is 0 Å². The Hall–Kier alpha value is -1.31. The van der Waals surface area contributed by atoms with Crippen LogP contribution in [0.4, 0.5) is 0 Å². The van der Waals surface area contributed by atoms with Crippen LogP contribution in [-0.2, 0) is 4.79 Å². The lowest BCUT2D eigenvalue weighted by Gasteiger charge is -2.38. The second kappa shape index (κ2) is 11.0. The van der Waals surface area contributed by atoms with E-state index in [1.165, 1.54) is 69.8 Å². The normalized spacial score (nSPS) is 28.1. The molecule has 0 saturated heterocycles. The minimum atomic E-state index is -0.108. The van der Waals surface area contributed by atoms with Crippen LogP contribution in [-0.4, -0.2) is 5.97 Å². The number of carbonyl (C=O) groups excluding carboxylic acids is 1. The van der Waals surface area contributed by atoms with Crippen LogP contribution in [0.2, 0.25) is 0 Å². The van der Waals surface area contributed by atoms with Gasteiger partial charge in [-0.1, -0.05) is 58.1 Å². The molecular weight excluding hydrogens is 344 g/mol. The van der Waals surface area contributed by atoms with Crippen molar-refractivity contribution in [2.75, 3.05) is 0 Å². The van der Waals surface area contributed by atoms with Gasteiger partial charge in [-0.05, 0) is 86.3 Å². The molecule has 0 amide bonds. The number of rotatable bonds is 8. The average Bonchev–Trinajstić information content (AvgIpc) is 2.74. The predicted molar refractivity (Wildman–Crippen MR) is 117 cm³/mol. The molecule has 28 heavy (non-hydrogen) atoms.